The second-order valence-electron chi connectivity index (χ2n) is 6.08. The largest absolute Gasteiger partial charge is 0.305 e. The van der Waals surface area contributed by atoms with Gasteiger partial charge < -0.3 is 5.32 Å². The number of nitrogens with zero attached hydrogens (tertiary/aromatic N) is 3. The van der Waals surface area contributed by atoms with E-state index in [9.17, 15) is 4.79 Å². The number of carbonyl (C=O) groups is 1. The van der Waals surface area contributed by atoms with Gasteiger partial charge in [-0.3, -0.25) is 9.89 Å². The Hall–Kier alpha value is -2.89. The minimum absolute atomic E-state index is 0.172. The second-order valence-corrected chi connectivity index (χ2v) is 6.08. The number of rotatable bonds is 3. The Kier molecular flexibility index (Phi) is 3.65. The molecule has 1 aromatic carbocycles. The van der Waals surface area contributed by atoms with Gasteiger partial charge in [0.15, 0.2) is 5.82 Å². The maximum Gasteiger partial charge on any atom is 0.260 e. The van der Waals surface area contributed by atoms with Gasteiger partial charge in [0.1, 0.15) is 0 Å². The molecule has 1 aliphatic rings. The summed E-state index contributed by atoms with van der Waals surface area (Å²) in [5.41, 5.74) is 4.59. The number of hydrogen-bond acceptors (Lipinski definition) is 3. The summed E-state index contributed by atoms with van der Waals surface area (Å²) in [5, 5.41) is 14.6. The molecule has 6 heteroatoms. The summed E-state index contributed by atoms with van der Waals surface area (Å²) in [4.78, 5) is 12.6. The lowest BCUT2D eigenvalue weighted by Gasteiger charge is -2.11. The molecule has 2 heterocycles. The van der Waals surface area contributed by atoms with Crippen LogP contribution >= 0.6 is 0 Å². The Bertz CT molecular complexity index is 878. The number of hydrogen-bond donors (Lipinski definition) is 2. The van der Waals surface area contributed by atoms with Crippen LogP contribution in [0.3, 0.4) is 0 Å². The van der Waals surface area contributed by atoms with Crippen LogP contribution in [0.25, 0.3) is 5.69 Å². The van der Waals surface area contributed by atoms with Crippen molar-refractivity contribution in [2.24, 2.45) is 0 Å². The molecule has 2 aromatic heterocycles. The van der Waals surface area contributed by atoms with Gasteiger partial charge in [0.25, 0.3) is 5.91 Å². The first-order chi connectivity index (χ1) is 11.7. The van der Waals surface area contributed by atoms with Crippen molar-refractivity contribution in [3.8, 4) is 5.69 Å². The summed E-state index contributed by atoms with van der Waals surface area (Å²) >= 11 is 0. The zero-order chi connectivity index (χ0) is 16.5. The van der Waals surface area contributed by atoms with Gasteiger partial charge in [0.05, 0.1) is 23.1 Å². The fourth-order valence-corrected chi connectivity index (χ4v) is 3.22. The van der Waals surface area contributed by atoms with E-state index in [0.29, 0.717) is 11.4 Å². The molecule has 1 amide bonds. The van der Waals surface area contributed by atoms with E-state index in [0.717, 1.165) is 41.9 Å². The lowest BCUT2D eigenvalue weighted by molar-refractivity contribution is 0.102. The Morgan fingerprint density at radius 3 is 2.83 bits per heavy atom. The molecule has 0 saturated heterocycles. The Labute approximate surface area is 139 Å². The van der Waals surface area contributed by atoms with Crippen LogP contribution in [0.1, 0.15) is 40.2 Å². The number of nitrogens with one attached hydrogen (secondary N) is 2. The van der Waals surface area contributed by atoms with Gasteiger partial charge in [-0.2, -0.15) is 10.2 Å². The van der Waals surface area contributed by atoms with E-state index in [1.54, 1.807) is 10.9 Å². The molecule has 0 fully saturated rings. The summed E-state index contributed by atoms with van der Waals surface area (Å²) in [6, 6.07) is 9.78. The third-order valence-electron chi connectivity index (χ3n) is 4.54. The molecule has 0 saturated carbocycles. The van der Waals surface area contributed by atoms with E-state index < -0.39 is 0 Å². The van der Waals surface area contributed by atoms with Gasteiger partial charge in [-0.1, -0.05) is 18.2 Å². The molecular formula is C18H19N5O. The molecule has 0 radical (unpaired) electrons. The van der Waals surface area contributed by atoms with Crippen LogP contribution in [-0.2, 0) is 12.8 Å². The fraction of sp³-hybridized carbons (Fsp3) is 0.278. The molecule has 1 aliphatic carbocycles. The van der Waals surface area contributed by atoms with Crippen molar-refractivity contribution in [1.29, 1.82) is 0 Å². The van der Waals surface area contributed by atoms with E-state index in [-0.39, 0.29) is 5.91 Å². The normalized spacial score (nSPS) is 13.5. The molecule has 4 rings (SSSR count). The maximum absolute atomic E-state index is 12.6. The molecule has 0 bridgehead atoms. The van der Waals surface area contributed by atoms with Crippen molar-refractivity contribution in [3.05, 3.63) is 59.0 Å². The van der Waals surface area contributed by atoms with Crippen LogP contribution < -0.4 is 5.32 Å². The first kappa shape index (κ1) is 14.7. The Morgan fingerprint density at radius 1 is 1.21 bits per heavy atom. The SMILES string of the molecule is Cc1c(C(=O)Nc2n[nH]c3c2CCCC3)cnn1-c1ccccc1. The molecule has 24 heavy (non-hydrogen) atoms. The monoisotopic (exact) mass is 321 g/mol. The number of aromatic nitrogens is 4. The van der Waals surface area contributed by atoms with Crippen molar-refractivity contribution in [2.45, 2.75) is 32.6 Å². The summed E-state index contributed by atoms with van der Waals surface area (Å²) in [6.07, 6.45) is 5.88. The Morgan fingerprint density at radius 2 is 2.00 bits per heavy atom. The third kappa shape index (κ3) is 2.50. The van der Waals surface area contributed by atoms with Crippen molar-refractivity contribution >= 4 is 11.7 Å². The predicted octanol–water partition coefficient (Wildman–Crippen LogP) is 3.03. The van der Waals surface area contributed by atoms with Crippen LogP contribution in [0.15, 0.2) is 36.5 Å². The molecule has 0 aliphatic heterocycles. The molecule has 2 N–H and O–H groups in total. The molecule has 0 atom stereocenters. The number of para-hydroxylation sites is 1. The zero-order valence-electron chi connectivity index (χ0n) is 13.5. The minimum atomic E-state index is -0.172. The van der Waals surface area contributed by atoms with E-state index in [4.69, 9.17) is 0 Å². The van der Waals surface area contributed by atoms with Gasteiger partial charge in [-0.25, -0.2) is 4.68 Å². The highest BCUT2D eigenvalue weighted by Crippen LogP contribution is 2.26. The lowest BCUT2D eigenvalue weighted by Crippen LogP contribution is -2.15. The standard InChI is InChI=1S/C18H19N5O/c1-12-15(11-19-23(12)13-7-3-2-4-8-13)18(24)20-17-14-9-5-6-10-16(14)21-22-17/h2-4,7-8,11H,5-6,9-10H2,1H3,(H2,20,21,22,24). The van der Waals surface area contributed by atoms with Crippen molar-refractivity contribution in [3.63, 3.8) is 0 Å². The van der Waals surface area contributed by atoms with Crippen LogP contribution in [0.5, 0.6) is 0 Å². The highest BCUT2D eigenvalue weighted by Gasteiger charge is 2.21. The number of aryl methyl sites for hydroxylation is 1. The molecule has 3 aromatic rings. The van der Waals surface area contributed by atoms with Crippen molar-refractivity contribution < 1.29 is 4.79 Å². The lowest BCUT2D eigenvalue weighted by atomic mass is 9.97. The fourth-order valence-electron chi connectivity index (χ4n) is 3.22. The first-order valence-corrected chi connectivity index (χ1v) is 8.21. The second kappa shape index (κ2) is 5.96. The quantitative estimate of drug-likeness (QED) is 0.778. The van der Waals surface area contributed by atoms with Gasteiger partial charge in [-0.05, 0) is 44.7 Å². The number of fused-ring (bicyclic) bond motifs is 1. The number of carbonyl (C=O) groups excluding carboxylic acids is 1. The summed E-state index contributed by atoms with van der Waals surface area (Å²) in [6.45, 7) is 1.90. The number of H-pyrrole nitrogens is 1. The third-order valence-corrected chi connectivity index (χ3v) is 4.54. The van der Waals surface area contributed by atoms with E-state index in [2.05, 4.69) is 20.6 Å². The van der Waals surface area contributed by atoms with E-state index >= 15 is 0 Å². The van der Waals surface area contributed by atoms with E-state index in [1.807, 2.05) is 37.3 Å². The molecule has 122 valence electrons. The molecular weight excluding hydrogens is 302 g/mol. The highest BCUT2D eigenvalue weighted by molar-refractivity contribution is 6.04. The molecule has 0 unspecified atom stereocenters. The summed E-state index contributed by atoms with van der Waals surface area (Å²) < 4.78 is 1.77. The average Bonchev–Trinajstić information content (AvgIpc) is 3.20. The highest BCUT2D eigenvalue weighted by atomic mass is 16.1. The molecule has 0 spiro atoms. The maximum atomic E-state index is 12.6. The number of aromatic amines is 1. The van der Waals surface area contributed by atoms with Crippen molar-refractivity contribution in [2.75, 3.05) is 5.32 Å². The Balaban J connectivity index is 1.60. The van der Waals surface area contributed by atoms with Gasteiger partial charge in [-0.15, -0.1) is 0 Å². The van der Waals surface area contributed by atoms with Gasteiger partial charge in [0.2, 0.25) is 0 Å². The van der Waals surface area contributed by atoms with Crippen LogP contribution in [-0.4, -0.2) is 25.9 Å². The number of benzene rings is 1. The zero-order valence-corrected chi connectivity index (χ0v) is 13.5. The van der Waals surface area contributed by atoms with Crippen LogP contribution in [0, 0.1) is 6.92 Å². The summed E-state index contributed by atoms with van der Waals surface area (Å²) in [5.74, 6) is 0.483. The van der Waals surface area contributed by atoms with Gasteiger partial charge >= 0.3 is 0 Å². The smallest absolute Gasteiger partial charge is 0.260 e. The topological polar surface area (TPSA) is 75.6 Å². The number of amides is 1. The van der Waals surface area contributed by atoms with Crippen LogP contribution in [0.2, 0.25) is 0 Å². The minimum Gasteiger partial charge on any atom is -0.305 e. The summed E-state index contributed by atoms with van der Waals surface area (Å²) in [7, 11) is 0. The van der Waals surface area contributed by atoms with Crippen LogP contribution in [0.4, 0.5) is 5.82 Å². The first-order valence-electron chi connectivity index (χ1n) is 8.21. The average molecular weight is 321 g/mol. The van der Waals surface area contributed by atoms with Crippen molar-refractivity contribution in [1.82, 2.24) is 20.0 Å². The van der Waals surface area contributed by atoms with E-state index in [1.165, 1.54) is 6.42 Å². The molecule has 6 nitrogen and oxygen atoms in total. The number of anilines is 1. The van der Waals surface area contributed by atoms with Gasteiger partial charge in [0, 0.05) is 11.3 Å². The predicted molar refractivity (Wildman–Crippen MR) is 91.5 cm³/mol.